The molecule has 1 saturated heterocycles. The molecule has 1 aliphatic heterocycles. The Bertz CT molecular complexity index is 437. The second-order valence-corrected chi connectivity index (χ2v) is 5.47. The van der Waals surface area contributed by atoms with Gasteiger partial charge in [-0.1, -0.05) is 5.21 Å². The third-order valence-electron chi connectivity index (χ3n) is 2.76. The standard InChI is InChI=1S/C11H19N5O2/c1-11(2,3)18-10(17)15-5-4-8(7-15)16-9(12)6-13-14-16/h6,8H,4-5,7,12H2,1-3H3. The number of nitrogens with zero attached hydrogens (tertiary/aromatic N) is 4. The topological polar surface area (TPSA) is 86.3 Å². The van der Waals surface area contributed by atoms with E-state index >= 15 is 0 Å². The maximum absolute atomic E-state index is 11.9. The summed E-state index contributed by atoms with van der Waals surface area (Å²) in [6.45, 7) is 6.77. The largest absolute Gasteiger partial charge is 0.444 e. The summed E-state index contributed by atoms with van der Waals surface area (Å²) < 4.78 is 6.99. The lowest BCUT2D eigenvalue weighted by Crippen LogP contribution is -2.35. The number of aromatic nitrogens is 3. The third-order valence-corrected chi connectivity index (χ3v) is 2.76. The number of anilines is 1. The SMILES string of the molecule is CC(C)(C)OC(=O)N1CCC(n2nncc2N)C1. The van der Waals surface area contributed by atoms with Gasteiger partial charge in [0.2, 0.25) is 0 Å². The molecule has 0 spiro atoms. The minimum Gasteiger partial charge on any atom is -0.444 e. The molecule has 1 aromatic heterocycles. The first kappa shape index (κ1) is 12.7. The van der Waals surface area contributed by atoms with Gasteiger partial charge in [0.1, 0.15) is 11.4 Å². The number of hydrogen-bond donors (Lipinski definition) is 1. The lowest BCUT2D eigenvalue weighted by Gasteiger charge is -2.24. The molecule has 1 atom stereocenters. The number of carbonyl (C=O) groups excluding carboxylic acids is 1. The smallest absolute Gasteiger partial charge is 0.410 e. The fourth-order valence-corrected chi connectivity index (χ4v) is 1.97. The number of likely N-dealkylation sites (tertiary alicyclic amines) is 1. The van der Waals surface area contributed by atoms with Gasteiger partial charge in [-0.2, -0.15) is 0 Å². The van der Waals surface area contributed by atoms with E-state index in [1.165, 1.54) is 6.20 Å². The van der Waals surface area contributed by atoms with Gasteiger partial charge in [-0.3, -0.25) is 0 Å². The van der Waals surface area contributed by atoms with E-state index in [9.17, 15) is 4.79 Å². The molecule has 1 aliphatic rings. The van der Waals surface area contributed by atoms with E-state index in [1.807, 2.05) is 20.8 Å². The quantitative estimate of drug-likeness (QED) is 0.808. The van der Waals surface area contributed by atoms with Gasteiger partial charge in [-0.25, -0.2) is 9.48 Å². The van der Waals surface area contributed by atoms with Crippen LogP contribution in [0.15, 0.2) is 6.20 Å². The van der Waals surface area contributed by atoms with Crippen LogP contribution in [0.4, 0.5) is 10.6 Å². The normalized spacial score (nSPS) is 20.2. The highest BCUT2D eigenvalue weighted by molar-refractivity contribution is 5.68. The highest BCUT2D eigenvalue weighted by Gasteiger charge is 2.31. The van der Waals surface area contributed by atoms with Crippen LogP contribution in [0, 0.1) is 0 Å². The molecule has 1 unspecified atom stereocenters. The van der Waals surface area contributed by atoms with Crippen LogP contribution in [-0.2, 0) is 4.74 Å². The van der Waals surface area contributed by atoms with Gasteiger partial charge in [-0.15, -0.1) is 5.10 Å². The number of rotatable bonds is 1. The van der Waals surface area contributed by atoms with E-state index in [-0.39, 0.29) is 12.1 Å². The fourth-order valence-electron chi connectivity index (χ4n) is 1.97. The molecule has 1 aromatic rings. The van der Waals surface area contributed by atoms with Crippen LogP contribution in [0.2, 0.25) is 0 Å². The van der Waals surface area contributed by atoms with Crippen LogP contribution in [0.25, 0.3) is 0 Å². The van der Waals surface area contributed by atoms with Gasteiger partial charge in [0.25, 0.3) is 0 Å². The average molecular weight is 253 g/mol. The molecule has 100 valence electrons. The second-order valence-electron chi connectivity index (χ2n) is 5.47. The number of hydrogen-bond acceptors (Lipinski definition) is 5. The number of nitrogen functional groups attached to an aromatic ring is 1. The minimum atomic E-state index is -0.471. The number of nitrogens with two attached hydrogens (primary N) is 1. The summed E-state index contributed by atoms with van der Waals surface area (Å²) in [5.74, 6) is 0.519. The molecule has 1 fully saturated rings. The third kappa shape index (κ3) is 2.72. The zero-order valence-corrected chi connectivity index (χ0v) is 11.0. The van der Waals surface area contributed by atoms with E-state index < -0.39 is 5.60 Å². The zero-order chi connectivity index (χ0) is 13.3. The summed E-state index contributed by atoms with van der Waals surface area (Å²) in [6.07, 6.45) is 2.03. The Labute approximate surface area is 106 Å². The van der Waals surface area contributed by atoms with Crippen molar-refractivity contribution in [2.24, 2.45) is 0 Å². The number of ether oxygens (including phenoxy) is 1. The molecule has 0 radical (unpaired) electrons. The molecule has 7 nitrogen and oxygen atoms in total. The first-order valence-electron chi connectivity index (χ1n) is 6.00. The Balaban J connectivity index is 1.97. The zero-order valence-electron chi connectivity index (χ0n) is 11.0. The van der Waals surface area contributed by atoms with Gasteiger partial charge in [0.15, 0.2) is 0 Å². The van der Waals surface area contributed by atoms with Crippen molar-refractivity contribution in [1.82, 2.24) is 19.9 Å². The summed E-state index contributed by atoms with van der Waals surface area (Å²) in [4.78, 5) is 13.6. The van der Waals surface area contributed by atoms with Crippen molar-refractivity contribution < 1.29 is 9.53 Å². The molecule has 0 bridgehead atoms. The van der Waals surface area contributed by atoms with E-state index in [1.54, 1.807) is 9.58 Å². The second kappa shape index (κ2) is 4.47. The van der Waals surface area contributed by atoms with Gasteiger partial charge >= 0.3 is 6.09 Å². The van der Waals surface area contributed by atoms with E-state index in [0.717, 1.165) is 6.42 Å². The maximum atomic E-state index is 11.9. The van der Waals surface area contributed by atoms with E-state index in [0.29, 0.717) is 18.9 Å². The lowest BCUT2D eigenvalue weighted by atomic mass is 10.2. The van der Waals surface area contributed by atoms with Crippen molar-refractivity contribution >= 4 is 11.9 Å². The van der Waals surface area contributed by atoms with Crippen molar-refractivity contribution in [2.45, 2.75) is 38.8 Å². The first-order chi connectivity index (χ1) is 8.37. The molecule has 0 saturated carbocycles. The van der Waals surface area contributed by atoms with Gasteiger partial charge in [0.05, 0.1) is 12.2 Å². The Hall–Kier alpha value is -1.79. The number of amides is 1. The van der Waals surface area contributed by atoms with Crippen LogP contribution < -0.4 is 5.73 Å². The predicted molar refractivity (Wildman–Crippen MR) is 65.9 cm³/mol. The van der Waals surface area contributed by atoms with Gasteiger partial charge in [0, 0.05) is 13.1 Å². The minimum absolute atomic E-state index is 0.0834. The van der Waals surface area contributed by atoms with Crippen LogP contribution in [-0.4, -0.2) is 44.7 Å². The Kier molecular flexibility index (Phi) is 3.14. The maximum Gasteiger partial charge on any atom is 0.410 e. The molecule has 2 N–H and O–H groups in total. The molecule has 0 aromatic carbocycles. The van der Waals surface area contributed by atoms with E-state index in [4.69, 9.17) is 10.5 Å². The fraction of sp³-hybridized carbons (Fsp3) is 0.727. The molecule has 0 aliphatic carbocycles. The van der Waals surface area contributed by atoms with Crippen molar-refractivity contribution in [2.75, 3.05) is 18.8 Å². The summed E-state index contributed by atoms with van der Waals surface area (Å²) in [5, 5.41) is 7.68. The van der Waals surface area contributed by atoms with E-state index in [2.05, 4.69) is 10.3 Å². The van der Waals surface area contributed by atoms with Crippen molar-refractivity contribution in [3.8, 4) is 0 Å². The predicted octanol–water partition coefficient (Wildman–Crippen LogP) is 1.04. The Morgan fingerprint density at radius 3 is 2.83 bits per heavy atom. The highest BCUT2D eigenvalue weighted by atomic mass is 16.6. The van der Waals surface area contributed by atoms with Crippen LogP contribution in [0.1, 0.15) is 33.2 Å². The molecule has 2 heterocycles. The number of carbonyl (C=O) groups is 1. The lowest BCUT2D eigenvalue weighted by molar-refractivity contribution is 0.0288. The van der Waals surface area contributed by atoms with Crippen LogP contribution in [0.3, 0.4) is 0 Å². The summed E-state index contributed by atoms with van der Waals surface area (Å²) in [6, 6.07) is 0.0834. The molecule has 18 heavy (non-hydrogen) atoms. The molecule has 1 amide bonds. The average Bonchev–Trinajstić information content (AvgIpc) is 2.82. The van der Waals surface area contributed by atoms with Crippen LogP contribution >= 0.6 is 0 Å². The first-order valence-corrected chi connectivity index (χ1v) is 6.00. The van der Waals surface area contributed by atoms with Gasteiger partial charge < -0.3 is 15.4 Å². The molecule has 7 heteroatoms. The molecular weight excluding hydrogens is 234 g/mol. The van der Waals surface area contributed by atoms with Crippen molar-refractivity contribution in [3.63, 3.8) is 0 Å². The Morgan fingerprint density at radius 2 is 2.28 bits per heavy atom. The summed E-state index contributed by atoms with van der Waals surface area (Å²) in [7, 11) is 0. The Morgan fingerprint density at radius 1 is 1.56 bits per heavy atom. The summed E-state index contributed by atoms with van der Waals surface area (Å²) in [5.41, 5.74) is 5.28. The van der Waals surface area contributed by atoms with Crippen LogP contribution in [0.5, 0.6) is 0 Å². The van der Waals surface area contributed by atoms with Crippen molar-refractivity contribution in [1.29, 1.82) is 0 Å². The molecule has 2 rings (SSSR count). The monoisotopic (exact) mass is 253 g/mol. The summed E-state index contributed by atoms with van der Waals surface area (Å²) >= 11 is 0. The van der Waals surface area contributed by atoms with Crippen molar-refractivity contribution in [3.05, 3.63) is 6.20 Å². The highest BCUT2D eigenvalue weighted by Crippen LogP contribution is 2.24. The van der Waals surface area contributed by atoms with Gasteiger partial charge in [-0.05, 0) is 27.2 Å². The molecular formula is C11H19N5O2.